The molecule has 2 heterocycles. The van der Waals surface area contributed by atoms with Crippen LogP contribution in [-0.4, -0.2) is 43.1 Å². The van der Waals surface area contributed by atoms with E-state index in [1.165, 1.54) is 0 Å². The van der Waals surface area contributed by atoms with Gasteiger partial charge < -0.3 is 15.0 Å². The highest BCUT2D eigenvalue weighted by Gasteiger charge is 2.34. The fourth-order valence-electron chi connectivity index (χ4n) is 2.74. The number of nitrogens with zero attached hydrogens (tertiary/aromatic N) is 1. The second kappa shape index (κ2) is 5.13. The maximum atomic E-state index is 12.6. The van der Waals surface area contributed by atoms with Gasteiger partial charge in [0.25, 0.3) is 0 Å². The Labute approximate surface area is 121 Å². The van der Waals surface area contributed by atoms with E-state index in [-0.39, 0.29) is 11.8 Å². The molecule has 2 atom stereocenters. The van der Waals surface area contributed by atoms with Gasteiger partial charge in [-0.2, -0.15) is 0 Å². The largest absolute Gasteiger partial charge is 0.492 e. The van der Waals surface area contributed by atoms with Crippen molar-refractivity contribution in [1.82, 2.24) is 10.2 Å². The van der Waals surface area contributed by atoms with Crippen LogP contribution in [0.1, 0.15) is 18.4 Å². The van der Waals surface area contributed by atoms with Crippen molar-refractivity contribution in [3.63, 3.8) is 0 Å². The fourth-order valence-corrected chi connectivity index (χ4v) is 3.12. The third kappa shape index (κ3) is 2.49. The van der Waals surface area contributed by atoms with Crippen molar-refractivity contribution in [2.24, 2.45) is 0 Å². The number of hydrogen-bond donors (Lipinski definition) is 1. The van der Waals surface area contributed by atoms with E-state index in [2.05, 4.69) is 28.2 Å². The summed E-state index contributed by atoms with van der Waals surface area (Å²) in [6.45, 7) is 4.99. The number of carbonyl (C=O) groups excluding carboxylic acids is 1. The first-order chi connectivity index (χ1) is 9.15. The predicted octanol–water partition coefficient (Wildman–Crippen LogP) is 1.75. The van der Waals surface area contributed by atoms with Gasteiger partial charge >= 0.3 is 0 Å². The van der Waals surface area contributed by atoms with E-state index in [0.717, 1.165) is 35.4 Å². The molecule has 4 nitrogen and oxygen atoms in total. The zero-order valence-electron chi connectivity index (χ0n) is 10.9. The van der Waals surface area contributed by atoms with Crippen molar-refractivity contribution in [3.8, 4) is 5.75 Å². The number of halogens is 1. The van der Waals surface area contributed by atoms with Crippen molar-refractivity contribution in [2.45, 2.75) is 18.9 Å². The Morgan fingerprint density at radius 3 is 3.16 bits per heavy atom. The summed E-state index contributed by atoms with van der Waals surface area (Å²) in [5.41, 5.74) is 1.01. The molecule has 2 aliphatic rings. The monoisotopic (exact) mass is 324 g/mol. The summed E-state index contributed by atoms with van der Waals surface area (Å²) in [4.78, 5) is 14.6. The number of amides is 1. The first kappa shape index (κ1) is 12.9. The van der Waals surface area contributed by atoms with E-state index in [4.69, 9.17) is 4.74 Å². The molecule has 3 rings (SSSR count). The van der Waals surface area contributed by atoms with Crippen LogP contribution in [0, 0.1) is 0 Å². The number of carbonyl (C=O) groups is 1. The predicted molar refractivity (Wildman–Crippen MR) is 76.4 cm³/mol. The van der Waals surface area contributed by atoms with Crippen LogP contribution in [0.4, 0.5) is 0 Å². The molecular formula is C14H17BrN2O2. The van der Waals surface area contributed by atoms with E-state index in [0.29, 0.717) is 12.6 Å². The Hall–Kier alpha value is -1.07. The molecule has 102 valence electrons. The van der Waals surface area contributed by atoms with Gasteiger partial charge in [0.1, 0.15) is 18.3 Å². The summed E-state index contributed by atoms with van der Waals surface area (Å²) in [5.74, 6) is 0.868. The van der Waals surface area contributed by atoms with E-state index >= 15 is 0 Å². The molecule has 1 fully saturated rings. The second-order valence-electron chi connectivity index (χ2n) is 5.19. The smallest absolute Gasteiger partial charge is 0.233 e. The van der Waals surface area contributed by atoms with E-state index in [1.54, 1.807) is 0 Å². The molecule has 2 aliphatic heterocycles. The summed E-state index contributed by atoms with van der Waals surface area (Å²) < 4.78 is 6.61. The van der Waals surface area contributed by atoms with Crippen molar-refractivity contribution < 1.29 is 9.53 Å². The minimum absolute atomic E-state index is 0.155. The van der Waals surface area contributed by atoms with E-state index in [9.17, 15) is 4.79 Å². The summed E-state index contributed by atoms with van der Waals surface area (Å²) in [7, 11) is 0. The highest BCUT2D eigenvalue weighted by Crippen LogP contribution is 2.36. The normalized spacial score (nSPS) is 25.9. The summed E-state index contributed by atoms with van der Waals surface area (Å²) in [5, 5.41) is 3.35. The lowest BCUT2D eigenvalue weighted by Crippen LogP contribution is -2.52. The molecular weight excluding hydrogens is 308 g/mol. The van der Waals surface area contributed by atoms with Gasteiger partial charge in [0.2, 0.25) is 5.91 Å². The van der Waals surface area contributed by atoms with Gasteiger partial charge in [0.05, 0.1) is 0 Å². The van der Waals surface area contributed by atoms with Crippen LogP contribution in [0.25, 0.3) is 0 Å². The summed E-state index contributed by atoms with van der Waals surface area (Å²) in [6, 6.07) is 6.23. The van der Waals surface area contributed by atoms with Gasteiger partial charge in [-0.05, 0) is 25.1 Å². The van der Waals surface area contributed by atoms with Gasteiger partial charge in [0.15, 0.2) is 0 Å². The number of benzene rings is 1. The Morgan fingerprint density at radius 2 is 2.37 bits per heavy atom. The third-order valence-corrected chi connectivity index (χ3v) is 4.22. The van der Waals surface area contributed by atoms with E-state index < -0.39 is 0 Å². The minimum atomic E-state index is -0.155. The molecule has 1 amide bonds. The maximum Gasteiger partial charge on any atom is 0.233 e. The first-order valence-corrected chi connectivity index (χ1v) is 7.39. The summed E-state index contributed by atoms with van der Waals surface area (Å²) in [6.07, 6.45) is 0. The number of rotatable bonds is 1. The number of piperazine rings is 1. The average Bonchev–Trinajstić information content (AvgIpc) is 2.80. The van der Waals surface area contributed by atoms with Crippen LogP contribution >= 0.6 is 15.9 Å². The average molecular weight is 325 g/mol. The SMILES string of the molecule is C[C@@H]1CN(C(=O)C2COc3ccc(Br)cc32)CCN1. The molecule has 0 bridgehead atoms. The van der Waals surface area contributed by atoms with Crippen LogP contribution < -0.4 is 10.1 Å². The Kier molecular flexibility index (Phi) is 3.50. The molecule has 1 aromatic carbocycles. The number of hydrogen-bond acceptors (Lipinski definition) is 3. The van der Waals surface area contributed by atoms with Crippen molar-refractivity contribution in [1.29, 1.82) is 0 Å². The van der Waals surface area contributed by atoms with Crippen LogP contribution in [0.15, 0.2) is 22.7 Å². The minimum Gasteiger partial charge on any atom is -0.492 e. The maximum absolute atomic E-state index is 12.6. The lowest BCUT2D eigenvalue weighted by atomic mass is 9.99. The quantitative estimate of drug-likeness (QED) is 0.855. The molecule has 0 radical (unpaired) electrons. The molecule has 1 unspecified atom stereocenters. The Balaban J connectivity index is 1.81. The van der Waals surface area contributed by atoms with Crippen molar-refractivity contribution in [2.75, 3.05) is 26.2 Å². The van der Waals surface area contributed by atoms with Crippen molar-refractivity contribution >= 4 is 21.8 Å². The number of fused-ring (bicyclic) bond motifs is 1. The van der Waals surface area contributed by atoms with Crippen LogP contribution in [-0.2, 0) is 4.79 Å². The van der Waals surface area contributed by atoms with Crippen LogP contribution in [0.5, 0.6) is 5.75 Å². The zero-order chi connectivity index (χ0) is 13.4. The fraction of sp³-hybridized carbons (Fsp3) is 0.500. The molecule has 5 heteroatoms. The standard InChI is InChI=1S/C14H17BrN2O2/c1-9-7-17(5-4-16-9)14(18)12-8-19-13-3-2-10(15)6-11(12)13/h2-3,6,9,12,16H,4-5,7-8H2,1H3/t9-,12?/m1/s1. The number of nitrogens with one attached hydrogen (secondary N) is 1. The molecule has 0 spiro atoms. The summed E-state index contributed by atoms with van der Waals surface area (Å²) >= 11 is 3.46. The van der Waals surface area contributed by atoms with Crippen LogP contribution in [0.2, 0.25) is 0 Å². The van der Waals surface area contributed by atoms with Crippen LogP contribution in [0.3, 0.4) is 0 Å². The highest BCUT2D eigenvalue weighted by atomic mass is 79.9. The number of ether oxygens (including phenoxy) is 1. The van der Waals surface area contributed by atoms with Gasteiger partial charge in [0, 0.05) is 35.7 Å². The molecule has 0 saturated carbocycles. The lowest BCUT2D eigenvalue weighted by Gasteiger charge is -2.33. The van der Waals surface area contributed by atoms with E-state index in [1.807, 2.05) is 23.1 Å². The topological polar surface area (TPSA) is 41.6 Å². The first-order valence-electron chi connectivity index (χ1n) is 6.59. The molecule has 1 aromatic rings. The molecule has 0 aromatic heterocycles. The third-order valence-electron chi connectivity index (χ3n) is 3.73. The molecule has 19 heavy (non-hydrogen) atoms. The van der Waals surface area contributed by atoms with Gasteiger partial charge in [-0.1, -0.05) is 15.9 Å². The molecule has 1 N–H and O–H groups in total. The molecule has 0 aliphatic carbocycles. The molecule has 1 saturated heterocycles. The second-order valence-corrected chi connectivity index (χ2v) is 6.10. The lowest BCUT2D eigenvalue weighted by molar-refractivity contribution is -0.134. The Morgan fingerprint density at radius 1 is 1.53 bits per heavy atom. The van der Waals surface area contributed by atoms with Gasteiger partial charge in [-0.15, -0.1) is 0 Å². The zero-order valence-corrected chi connectivity index (χ0v) is 12.4. The Bertz CT molecular complexity index is 506. The van der Waals surface area contributed by atoms with Crippen molar-refractivity contribution in [3.05, 3.63) is 28.2 Å². The highest BCUT2D eigenvalue weighted by molar-refractivity contribution is 9.10. The van der Waals surface area contributed by atoms with Gasteiger partial charge in [-0.3, -0.25) is 4.79 Å². The van der Waals surface area contributed by atoms with Gasteiger partial charge in [-0.25, -0.2) is 0 Å².